The summed E-state index contributed by atoms with van der Waals surface area (Å²) in [6, 6.07) is 4.01. The second kappa shape index (κ2) is 8.00. The summed E-state index contributed by atoms with van der Waals surface area (Å²) in [7, 11) is 6.98. The highest BCUT2D eigenvalue weighted by Gasteiger charge is 2.26. The Hall–Kier alpha value is -1.42. The lowest BCUT2D eigenvalue weighted by molar-refractivity contribution is 0.317. The summed E-state index contributed by atoms with van der Waals surface area (Å²) < 4.78 is 16.4. The number of methoxy groups -OCH3 is 3. The molecule has 1 atom stereocenters. The van der Waals surface area contributed by atoms with Gasteiger partial charge in [-0.1, -0.05) is 26.7 Å². The van der Waals surface area contributed by atoms with Crippen LogP contribution in [0.2, 0.25) is 0 Å². The summed E-state index contributed by atoms with van der Waals surface area (Å²) in [5, 5.41) is 3.41. The van der Waals surface area contributed by atoms with E-state index in [1.54, 1.807) is 21.3 Å². The van der Waals surface area contributed by atoms with Crippen molar-refractivity contribution in [3.05, 3.63) is 17.7 Å². The van der Waals surface area contributed by atoms with E-state index < -0.39 is 0 Å². The van der Waals surface area contributed by atoms with Crippen molar-refractivity contribution in [2.75, 3.05) is 28.4 Å². The van der Waals surface area contributed by atoms with Gasteiger partial charge in [-0.25, -0.2) is 0 Å². The van der Waals surface area contributed by atoms with Crippen LogP contribution in [0.5, 0.6) is 17.2 Å². The molecule has 0 spiro atoms. The number of hydrogen-bond donors (Lipinski definition) is 1. The van der Waals surface area contributed by atoms with Gasteiger partial charge in [-0.3, -0.25) is 0 Å². The van der Waals surface area contributed by atoms with Crippen LogP contribution >= 0.6 is 0 Å². The molecule has 0 saturated carbocycles. The van der Waals surface area contributed by atoms with E-state index in [2.05, 4.69) is 19.2 Å². The van der Waals surface area contributed by atoms with Crippen molar-refractivity contribution < 1.29 is 14.2 Å². The first-order valence-electron chi connectivity index (χ1n) is 7.13. The van der Waals surface area contributed by atoms with Crippen molar-refractivity contribution >= 4 is 0 Å². The average Bonchev–Trinajstić information content (AvgIpc) is 2.51. The Morgan fingerprint density at radius 1 is 0.950 bits per heavy atom. The van der Waals surface area contributed by atoms with E-state index in [4.69, 9.17) is 14.2 Å². The molecule has 20 heavy (non-hydrogen) atoms. The molecular weight excluding hydrogens is 254 g/mol. The van der Waals surface area contributed by atoms with E-state index in [0.717, 1.165) is 35.7 Å². The van der Waals surface area contributed by atoms with Gasteiger partial charge >= 0.3 is 0 Å². The van der Waals surface area contributed by atoms with Crippen molar-refractivity contribution in [1.82, 2.24) is 5.32 Å². The third-order valence-electron chi connectivity index (χ3n) is 3.90. The van der Waals surface area contributed by atoms with E-state index in [1.165, 1.54) is 0 Å². The van der Waals surface area contributed by atoms with Gasteiger partial charge in [0, 0.05) is 18.2 Å². The molecule has 0 heterocycles. The molecule has 0 amide bonds. The van der Waals surface area contributed by atoms with Crippen LogP contribution in [0.15, 0.2) is 12.1 Å². The molecule has 0 aliphatic carbocycles. The standard InChI is InChI=1S/C16H27NO3/c1-7-11(8-2)16(17-3)15-13(19-5)9-12(18-4)10-14(15)20-6/h9-11,16-17H,7-8H2,1-6H3. The normalized spacial score (nSPS) is 12.3. The number of hydrogen-bond acceptors (Lipinski definition) is 4. The van der Waals surface area contributed by atoms with Gasteiger partial charge in [-0.05, 0) is 13.0 Å². The lowest BCUT2D eigenvalue weighted by Gasteiger charge is -2.28. The molecule has 0 bridgehead atoms. The van der Waals surface area contributed by atoms with Gasteiger partial charge in [0.1, 0.15) is 17.2 Å². The van der Waals surface area contributed by atoms with Gasteiger partial charge in [0.25, 0.3) is 0 Å². The first-order chi connectivity index (χ1) is 9.66. The third-order valence-corrected chi connectivity index (χ3v) is 3.90. The maximum Gasteiger partial charge on any atom is 0.131 e. The second-order valence-electron chi connectivity index (χ2n) is 4.79. The molecule has 0 aromatic heterocycles. The van der Waals surface area contributed by atoms with E-state index >= 15 is 0 Å². The molecule has 0 radical (unpaired) electrons. The maximum absolute atomic E-state index is 5.55. The monoisotopic (exact) mass is 281 g/mol. The van der Waals surface area contributed by atoms with Crippen LogP contribution < -0.4 is 19.5 Å². The number of benzene rings is 1. The van der Waals surface area contributed by atoms with E-state index in [1.807, 2.05) is 19.2 Å². The van der Waals surface area contributed by atoms with Crippen molar-refractivity contribution in [2.45, 2.75) is 32.7 Å². The van der Waals surface area contributed by atoms with E-state index in [-0.39, 0.29) is 6.04 Å². The smallest absolute Gasteiger partial charge is 0.131 e. The Balaban J connectivity index is 3.38. The lowest BCUT2D eigenvalue weighted by Crippen LogP contribution is -2.25. The van der Waals surface area contributed by atoms with Crippen LogP contribution in [0.4, 0.5) is 0 Å². The van der Waals surface area contributed by atoms with Crippen LogP contribution in [0.1, 0.15) is 38.3 Å². The van der Waals surface area contributed by atoms with Crippen LogP contribution in [0, 0.1) is 5.92 Å². The number of ether oxygens (including phenoxy) is 3. The first-order valence-corrected chi connectivity index (χ1v) is 7.13. The number of rotatable bonds is 8. The minimum absolute atomic E-state index is 0.195. The summed E-state index contributed by atoms with van der Waals surface area (Å²) in [5.41, 5.74) is 1.06. The van der Waals surface area contributed by atoms with Crippen molar-refractivity contribution in [2.24, 2.45) is 5.92 Å². The second-order valence-corrected chi connectivity index (χ2v) is 4.79. The minimum atomic E-state index is 0.195. The fraction of sp³-hybridized carbons (Fsp3) is 0.625. The van der Waals surface area contributed by atoms with Gasteiger partial charge in [0.15, 0.2) is 0 Å². The average molecular weight is 281 g/mol. The molecule has 1 rings (SSSR count). The predicted octanol–water partition coefficient (Wildman–Crippen LogP) is 3.41. The molecule has 114 valence electrons. The zero-order chi connectivity index (χ0) is 15.1. The van der Waals surface area contributed by atoms with Crippen molar-refractivity contribution in [3.63, 3.8) is 0 Å². The molecule has 0 aliphatic heterocycles. The Bertz CT molecular complexity index is 391. The fourth-order valence-corrected chi connectivity index (χ4v) is 2.71. The molecule has 4 heteroatoms. The Morgan fingerprint density at radius 3 is 1.75 bits per heavy atom. The van der Waals surface area contributed by atoms with Gasteiger partial charge in [0.05, 0.1) is 26.9 Å². The molecule has 1 aromatic carbocycles. The van der Waals surface area contributed by atoms with Crippen LogP contribution in [-0.4, -0.2) is 28.4 Å². The Kier molecular flexibility index (Phi) is 6.65. The molecule has 1 unspecified atom stereocenters. The molecule has 1 aromatic rings. The number of nitrogens with one attached hydrogen (secondary N) is 1. The summed E-state index contributed by atoms with van der Waals surface area (Å²) in [5.74, 6) is 2.86. The highest BCUT2D eigenvalue weighted by atomic mass is 16.5. The quantitative estimate of drug-likeness (QED) is 0.792. The highest BCUT2D eigenvalue weighted by Crippen LogP contribution is 2.42. The van der Waals surface area contributed by atoms with Gasteiger partial charge in [0.2, 0.25) is 0 Å². The first kappa shape index (κ1) is 16.6. The topological polar surface area (TPSA) is 39.7 Å². The van der Waals surface area contributed by atoms with Gasteiger partial charge in [-0.15, -0.1) is 0 Å². The van der Waals surface area contributed by atoms with Crippen LogP contribution in [0.25, 0.3) is 0 Å². The molecule has 1 N–H and O–H groups in total. The lowest BCUT2D eigenvalue weighted by atomic mass is 9.87. The van der Waals surface area contributed by atoms with Gasteiger partial charge < -0.3 is 19.5 Å². The van der Waals surface area contributed by atoms with Crippen molar-refractivity contribution in [3.8, 4) is 17.2 Å². The summed E-state index contributed by atoms with van der Waals surface area (Å²) in [4.78, 5) is 0. The molecule has 4 nitrogen and oxygen atoms in total. The van der Waals surface area contributed by atoms with E-state index in [9.17, 15) is 0 Å². The predicted molar refractivity (Wildman–Crippen MR) is 82.0 cm³/mol. The van der Waals surface area contributed by atoms with Crippen molar-refractivity contribution in [1.29, 1.82) is 0 Å². The minimum Gasteiger partial charge on any atom is -0.496 e. The SMILES string of the molecule is CCC(CC)C(NC)c1c(OC)cc(OC)cc1OC. The summed E-state index contributed by atoms with van der Waals surface area (Å²) >= 11 is 0. The Labute approximate surface area is 122 Å². The highest BCUT2D eigenvalue weighted by molar-refractivity contribution is 5.52. The van der Waals surface area contributed by atoms with E-state index in [0.29, 0.717) is 5.92 Å². The fourth-order valence-electron chi connectivity index (χ4n) is 2.71. The molecular formula is C16H27NO3. The molecule has 0 aliphatic rings. The van der Waals surface area contributed by atoms with Crippen LogP contribution in [-0.2, 0) is 0 Å². The largest absolute Gasteiger partial charge is 0.496 e. The zero-order valence-electron chi connectivity index (χ0n) is 13.4. The summed E-state index contributed by atoms with van der Waals surface area (Å²) in [6.07, 6.45) is 2.20. The third kappa shape index (κ3) is 3.37. The molecule has 0 saturated heterocycles. The van der Waals surface area contributed by atoms with Gasteiger partial charge in [-0.2, -0.15) is 0 Å². The maximum atomic E-state index is 5.55. The zero-order valence-corrected chi connectivity index (χ0v) is 13.4. The van der Waals surface area contributed by atoms with Crippen LogP contribution in [0.3, 0.4) is 0 Å². The Morgan fingerprint density at radius 2 is 1.45 bits per heavy atom. The summed E-state index contributed by atoms with van der Waals surface area (Å²) in [6.45, 7) is 4.42. The molecule has 0 fully saturated rings.